The number of rotatable bonds is 2. The fourth-order valence-electron chi connectivity index (χ4n) is 1.77. The lowest BCUT2D eigenvalue weighted by molar-refractivity contribution is -0.130. The van der Waals surface area contributed by atoms with Crippen LogP contribution in [0.15, 0.2) is 0 Å². The summed E-state index contributed by atoms with van der Waals surface area (Å²) in [6.45, 7) is 5.68. The molecule has 0 aromatic carbocycles. The van der Waals surface area contributed by atoms with E-state index in [1.54, 1.807) is 6.92 Å². The number of carbonyl (C=O) groups is 1. The monoisotopic (exact) mass is 170 g/mol. The first-order chi connectivity index (χ1) is 5.56. The van der Waals surface area contributed by atoms with Crippen LogP contribution in [-0.4, -0.2) is 24.9 Å². The summed E-state index contributed by atoms with van der Waals surface area (Å²) in [5.41, 5.74) is 5.41. The predicted octanol–water partition coefficient (Wildman–Crippen LogP) is 0.292. The number of Topliss-reactive ketones (excluding diaryl/α,β-unsaturated/α-hetero) is 1. The van der Waals surface area contributed by atoms with Gasteiger partial charge in [-0.05, 0) is 32.9 Å². The fourth-order valence-corrected chi connectivity index (χ4v) is 1.77. The van der Waals surface area contributed by atoms with Gasteiger partial charge in [-0.15, -0.1) is 0 Å². The summed E-state index contributed by atoms with van der Waals surface area (Å²) < 4.78 is 0. The van der Waals surface area contributed by atoms with Gasteiger partial charge >= 0.3 is 0 Å². The summed E-state index contributed by atoms with van der Waals surface area (Å²) in [5.74, 6) is 0.212. The molecule has 1 fully saturated rings. The van der Waals surface area contributed by atoms with Gasteiger partial charge in [-0.2, -0.15) is 0 Å². The summed E-state index contributed by atoms with van der Waals surface area (Å²) in [4.78, 5) is 11.7. The van der Waals surface area contributed by atoms with Crippen LogP contribution in [0, 0.1) is 5.41 Å². The van der Waals surface area contributed by atoms with Crippen molar-refractivity contribution in [2.75, 3.05) is 13.1 Å². The van der Waals surface area contributed by atoms with Crippen LogP contribution in [-0.2, 0) is 4.79 Å². The number of nitrogens with two attached hydrogens (primary N) is 1. The Kier molecular flexibility index (Phi) is 2.85. The molecule has 0 aliphatic carbocycles. The molecule has 1 unspecified atom stereocenters. The smallest absolute Gasteiger partial charge is 0.155 e. The molecule has 1 atom stereocenters. The Balaban J connectivity index is 2.62. The first kappa shape index (κ1) is 9.68. The van der Waals surface area contributed by atoms with Gasteiger partial charge in [-0.25, -0.2) is 0 Å². The van der Waals surface area contributed by atoms with Gasteiger partial charge < -0.3 is 11.1 Å². The molecule has 0 amide bonds. The molecule has 3 heteroatoms. The molecule has 70 valence electrons. The molecule has 0 spiro atoms. The Bertz CT molecular complexity index is 171. The van der Waals surface area contributed by atoms with Crippen LogP contribution in [0.3, 0.4) is 0 Å². The van der Waals surface area contributed by atoms with Crippen LogP contribution in [0.5, 0.6) is 0 Å². The minimum Gasteiger partial charge on any atom is -0.322 e. The van der Waals surface area contributed by atoms with Gasteiger partial charge in [0.2, 0.25) is 0 Å². The number of hydrogen-bond acceptors (Lipinski definition) is 3. The highest BCUT2D eigenvalue weighted by atomic mass is 16.1. The average Bonchev–Trinajstić information content (AvgIpc) is 2.04. The molecular formula is C9H18N2O. The van der Waals surface area contributed by atoms with Crippen molar-refractivity contribution in [1.29, 1.82) is 0 Å². The third-order valence-corrected chi connectivity index (χ3v) is 2.72. The molecule has 1 aliphatic heterocycles. The molecule has 0 aromatic rings. The van der Waals surface area contributed by atoms with Gasteiger partial charge in [0.05, 0.1) is 6.04 Å². The van der Waals surface area contributed by atoms with Crippen molar-refractivity contribution >= 4 is 5.78 Å². The van der Waals surface area contributed by atoms with E-state index in [4.69, 9.17) is 5.73 Å². The lowest BCUT2D eigenvalue weighted by atomic mass is 9.75. The third kappa shape index (κ3) is 1.84. The highest BCUT2D eigenvalue weighted by Gasteiger charge is 2.35. The molecular weight excluding hydrogens is 152 g/mol. The zero-order chi connectivity index (χ0) is 9.19. The molecule has 1 rings (SSSR count). The number of ketones is 1. The second-order valence-electron chi connectivity index (χ2n) is 3.96. The van der Waals surface area contributed by atoms with Crippen LogP contribution < -0.4 is 11.1 Å². The van der Waals surface area contributed by atoms with Crippen molar-refractivity contribution in [2.45, 2.75) is 32.7 Å². The maximum absolute atomic E-state index is 11.7. The van der Waals surface area contributed by atoms with Gasteiger partial charge in [-0.1, -0.05) is 6.92 Å². The van der Waals surface area contributed by atoms with E-state index in [-0.39, 0.29) is 17.2 Å². The largest absolute Gasteiger partial charge is 0.322 e. The number of hydrogen-bond donors (Lipinski definition) is 2. The molecule has 1 saturated heterocycles. The average molecular weight is 170 g/mol. The van der Waals surface area contributed by atoms with Gasteiger partial charge in [0.15, 0.2) is 5.78 Å². The molecule has 0 saturated carbocycles. The van der Waals surface area contributed by atoms with Crippen molar-refractivity contribution in [1.82, 2.24) is 5.32 Å². The zero-order valence-corrected chi connectivity index (χ0v) is 7.89. The van der Waals surface area contributed by atoms with E-state index in [1.165, 1.54) is 0 Å². The van der Waals surface area contributed by atoms with E-state index in [2.05, 4.69) is 5.32 Å². The highest BCUT2D eigenvalue weighted by molar-refractivity contribution is 5.88. The van der Waals surface area contributed by atoms with E-state index in [0.29, 0.717) is 0 Å². The molecule has 1 aliphatic rings. The summed E-state index contributed by atoms with van der Waals surface area (Å²) in [5, 5.41) is 3.24. The Labute approximate surface area is 73.7 Å². The van der Waals surface area contributed by atoms with Gasteiger partial charge in [0, 0.05) is 5.41 Å². The van der Waals surface area contributed by atoms with Crippen LogP contribution in [0.25, 0.3) is 0 Å². The molecule has 0 bridgehead atoms. The predicted molar refractivity (Wildman–Crippen MR) is 48.9 cm³/mol. The first-order valence-electron chi connectivity index (χ1n) is 4.57. The second kappa shape index (κ2) is 3.54. The minimum atomic E-state index is -0.312. The first-order valence-corrected chi connectivity index (χ1v) is 4.57. The lowest BCUT2D eigenvalue weighted by Gasteiger charge is -2.33. The molecule has 1 heterocycles. The lowest BCUT2D eigenvalue weighted by Crippen LogP contribution is -2.46. The Hall–Kier alpha value is -0.410. The van der Waals surface area contributed by atoms with Gasteiger partial charge in [0.1, 0.15) is 0 Å². The van der Waals surface area contributed by atoms with Crippen molar-refractivity contribution in [2.24, 2.45) is 11.1 Å². The van der Waals surface area contributed by atoms with Crippen molar-refractivity contribution < 1.29 is 4.79 Å². The minimum absolute atomic E-state index is 0.167. The number of piperidine rings is 1. The van der Waals surface area contributed by atoms with E-state index in [0.717, 1.165) is 25.9 Å². The van der Waals surface area contributed by atoms with Crippen LogP contribution in [0.4, 0.5) is 0 Å². The Morgan fingerprint density at radius 3 is 2.42 bits per heavy atom. The van der Waals surface area contributed by atoms with Crippen LogP contribution in [0.2, 0.25) is 0 Å². The van der Waals surface area contributed by atoms with Crippen molar-refractivity contribution in [3.63, 3.8) is 0 Å². The summed E-state index contributed by atoms with van der Waals surface area (Å²) >= 11 is 0. The maximum Gasteiger partial charge on any atom is 0.155 e. The highest BCUT2D eigenvalue weighted by Crippen LogP contribution is 2.29. The topological polar surface area (TPSA) is 55.1 Å². The summed E-state index contributed by atoms with van der Waals surface area (Å²) in [6, 6.07) is -0.312. The zero-order valence-electron chi connectivity index (χ0n) is 7.89. The number of nitrogens with one attached hydrogen (secondary N) is 1. The molecule has 12 heavy (non-hydrogen) atoms. The molecule has 0 aromatic heterocycles. The normalized spacial score (nSPS) is 24.9. The van der Waals surface area contributed by atoms with E-state index < -0.39 is 0 Å². The molecule has 3 nitrogen and oxygen atoms in total. The van der Waals surface area contributed by atoms with Crippen molar-refractivity contribution in [3.05, 3.63) is 0 Å². The third-order valence-electron chi connectivity index (χ3n) is 2.72. The van der Waals surface area contributed by atoms with E-state index in [9.17, 15) is 4.79 Å². The molecule has 0 radical (unpaired) electrons. The van der Waals surface area contributed by atoms with Crippen molar-refractivity contribution in [3.8, 4) is 0 Å². The van der Waals surface area contributed by atoms with Gasteiger partial charge in [0.25, 0.3) is 0 Å². The van der Waals surface area contributed by atoms with E-state index >= 15 is 0 Å². The SMILES string of the molecule is CC(N)C(=O)C1(C)CCNCC1. The Morgan fingerprint density at radius 1 is 1.50 bits per heavy atom. The maximum atomic E-state index is 11.7. The summed E-state index contributed by atoms with van der Waals surface area (Å²) in [6.07, 6.45) is 1.85. The van der Waals surface area contributed by atoms with Gasteiger partial charge in [-0.3, -0.25) is 4.79 Å². The second-order valence-corrected chi connectivity index (χ2v) is 3.96. The standard InChI is InChI=1S/C9H18N2O/c1-7(10)8(12)9(2)3-5-11-6-4-9/h7,11H,3-6,10H2,1-2H3. The van der Waals surface area contributed by atoms with E-state index in [1.807, 2.05) is 6.92 Å². The fraction of sp³-hybridized carbons (Fsp3) is 0.889. The molecule has 3 N–H and O–H groups in total. The quantitative estimate of drug-likeness (QED) is 0.626. The van der Waals surface area contributed by atoms with Crippen LogP contribution >= 0.6 is 0 Å². The number of carbonyl (C=O) groups excluding carboxylic acids is 1. The summed E-state index contributed by atoms with van der Waals surface area (Å²) in [7, 11) is 0. The van der Waals surface area contributed by atoms with Crippen LogP contribution in [0.1, 0.15) is 26.7 Å². The Morgan fingerprint density at radius 2 is 2.00 bits per heavy atom.